The number of nitrogens with zero attached hydrogens (tertiary/aromatic N) is 1. The van der Waals surface area contributed by atoms with E-state index in [0.717, 1.165) is 12.2 Å². The van der Waals surface area contributed by atoms with E-state index < -0.39 is 0 Å². The molecule has 0 amide bonds. The second kappa shape index (κ2) is 7.28. The van der Waals surface area contributed by atoms with Gasteiger partial charge in [0.05, 0.1) is 18.8 Å². The molecule has 0 fully saturated rings. The summed E-state index contributed by atoms with van der Waals surface area (Å²) in [6.45, 7) is 2.75. The molecule has 2 rings (SSSR count). The van der Waals surface area contributed by atoms with Crippen LogP contribution >= 0.6 is 0 Å². The minimum atomic E-state index is -0.309. The van der Waals surface area contributed by atoms with Crippen molar-refractivity contribution in [2.45, 2.75) is 13.3 Å². The molecule has 104 valence electrons. The Morgan fingerprint density at radius 2 is 1.80 bits per heavy atom. The van der Waals surface area contributed by atoms with Gasteiger partial charge in [-0.3, -0.25) is 4.98 Å². The van der Waals surface area contributed by atoms with Crippen LogP contribution in [0.5, 0.6) is 5.75 Å². The number of carbonyl (C=O) groups excluding carboxylic acids is 1. The molecule has 0 spiro atoms. The van der Waals surface area contributed by atoms with Crippen LogP contribution in [0.25, 0.3) is 0 Å². The molecule has 0 N–H and O–H groups in total. The zero-order valence-corrected chi connectivity index (χ0v) is 11.4. The molecular weight excluding hydrogens is 254 g/mol. The van der Waals surface area contributed by atoms with Crippen LogP contribution in [0.1, 0.15) is 22.8 Å². The highest BCUT2D eigenvalue weighted by Crippen LogP contribution is 2.13. The Morgan fingerprint density at radius 1 is 1.10 bits per heavy atom. The van der Waals surface area contributed by atoms with E-state index in [1.165, 1.54) is 5.56 Å². The first kappa shape index (κ1) is 14.1. The van der Waals surface area contributed by atoms with Gasteiger partial charge >= 0.3 is 5.97 Å². The normalized spacial score (nSPS) is 10.1. The predicted octanol–water partition coefficient (Wildman–Crippen LogP) is 2.88. The highest BCUT2D eigenvalue weighted by Gasteiger charge is 2.05. The van der Waals surface area contributed by atoms with Crippen LogP contribution in [0, 0.1) is 0 Å². The number of aromatic nitrogens is 1. The summed E-state index contributed by atoms with van der Waals surface area (Å²) < 4.78 is 10.6. The van der Waals surface area contributed by atoms with Gasteiger partial charge < -0.3 is 9.47 Å². The smallest absolute Gasteiger partial charge is 0.338 e. The quantitative estimate of drug-likeness (QED) is 0.758. The van der Waals surface area contributed by atoms with E-state index in [-0.39, 0.29) is 5.97 Å². The van der Waals surface area contributed by atoms with E-state index >= 15 is 0 Å². The molecule has 0 bridgehead atoms. The van der Waals surface area contributed by atoms with E-state index in [1.807, 2.05) is 12.1 Å². The Labute approximate surface area is 118 Å². The van der Waals surface area contributed by atoms with Gasteiger partial charge in [0, 0.05) is 18.8 Å². The van der Waals surface area contributed by atoms with E-state index in [1.54, 1.807) is 43.6 Å². The third-order valence-corrected chi connectivity index (χ3v) is 2.77. The minimum absolute atomic E-state index is 0.309. The van der Waals surface area contributed by atoms with Crippen molar-refractivity contribution in [1.29, 1.82) is 0 Å². The third-order valence-electron chi connectivity index (χ3n) is 2.77. The van der Waals surface area contributed by atoms with Crippen molar-refractivity contribution in [2.24, 2.45) is 0 Å². The fraction of sp³-hybridized carbons (Fsp3) is 0.250. The molecule has 1 heterocycles. The van der Waals surface area contributed by atoms with Gasteiger partial charge in [0.25, 0.3) is 0 Å². The van der Waals surface area contributed by atoms with Gasteiger partial charge in [0.15, 0.2) is 0 Å². The van der Waals surface area contributed by atoms with Crippen LogP contribution in [0.3, 0.4) is 0 Å². The van der Waals surface area contributed by atoms with E-state index in [4.69, 9.17) is 9.47 Å². The Morgan fingerprint density at radius 3 is 2.45 bits per heavy atom. The number of rotatable bonds is 6. The molecule has 0 atom stereocenters. The van der Waals surface area contributed by atoms with Gasteiger partial charge in [-0.15, -0.1) is 0 Å². The summed E-state index contributed by atoms with van der Waals surface area (Å²) in [4.78, 5) is 15.5. The number of hydrogen-bond donors (Lipinski definition) is 0. The van der Waals surface area contributed by atoms with Crippen LogP contribution in [0.15, 0.2) is 48.8 Å². The second-order valence-electron chi connectivity index (χ2n) is 4.20. The first-order valence-corrected chi connectivity index (χ1v) is 6.58. The van der Waals surface area contributed by atoms with E-state index in [9.17, 15) is 4.79 Å². The fourth-order valence-electron chi connectivity index (χ4n) is 1.74. The Bertz CT molecular complexity index is 537. The van der Waals surface area contributed by atoms with Crippen LogP contribution in [-0.2, 0) is 11.2 Å². The molecule has 1 aromatic heterocycles. The Balaban J connectivity index is 1.83. The number of carbonyl (C=O) groups is 1. The molecule has 4 nitrogen and oxygen atoms in total. The number of esters is 1. The van der Waals surface area contributed by atoms with Crippen molar-refractivity contribution >= 4 is 5.97 Å². The largest absolute Gasteiger partial charge is 0.493 e. The Kier molecular flexibility index (Phi) is 5.12. The lowest BCUT2D eigenvalue weighted by Gasteiger charge is -2.07. The second-order valence-corrected chi connectivity index (χ2v) is 4.20. The molecule has 0 radical (unpaired) electrons. The third kappa shape index (κ3) is 4.09. The van der Waals surface area contributed by atoms with Crippen molar-refractivity contribution in [1.82, 2.24) is 4.98 Å². The van der Waals surface area contributed by atoms with Crippen LogP contribution < -0.4 is 4.74 Å². The molecular formula is C16H17NO3. The van der Waals surface area contributed by atoms with Gasteiger partial charge in [-0.25, -0.2) is 4.79 Å². The lowest BCUT2D eigenvalue weighted by molar-refractivity contribution is 0.0526. The van der Waals surface area contributed by atoms with Crippen LogP contribution in [0.2, 0.25) is 0 Å². The van der Waals surface area contributed by atoms with Crippen molar-refractivity contribution in [3.8, 4) is 5.75 Å². The summed E-state index contributed by atoms with van der Waals surface area (Å²) in [5, 5.41) is 0. The maximum Gasteiger partial charge on any atom is 0.338 e. The number of benzene rings is 1. The molecule has 1 aromatic carbocycles. The predicted molar refractivity (Wildman–Crippen MR) is 75.8 cm³/mol. The summed E-state index contributed by atoms with van der Waals surface area (Å²) in [6, 6.07) is 10.9. The van der Waals surface area contributed by atoms with Gasteiger partial charge in [0.1, 0.15) is 5.75 Å². The number of hydrogen-bond acceptors (Lipinski definition) is 4. The standard InChI is InChI=1S/C16H17NO3/c1-2-19-16(18)14-3-5-15(6-4-14)20-12-9-13-7-10-17-11-8-13/h3-8,10-11H,2,9,12H2,1H3. The molecule has 4 heteroatoms. The highest BCUT2D eigenvalue weighted by atomic mass is 16.5. The number of ether oxygens (including phenoxy) is 2. The lowest BCUT2D eigenvalue weighted by atomic mass is 10.2. The van der Waals surface area contributed by atoms with Gasteiger partial charge in [0.2, 0.25) is 0 Å². The maximum atomic E-state index is 11.5. The molecule has 0 unspecified atom stereocenters. The summed E-state index contributed by atoms with van der Waals surface area (Å²) in [7, 11) is 0. The molecule has 0 saturated heterocycles. The minimum Gasteiger partial charge on any atom is -0.493 e. The maximum absolute atomic E-state index is 11.5. The first-order chi connectivity index (χ1) is 9.79. The van der Waals surface area contributed by atoms with Gasteiger partial charge in [-0.05, 0) is 48.9 Å². The molecule has 0 saturated carbocycles. The van der Waals surface area contributed by atoms with E-state index in [2.05, 4.69) is 4.98 Å². The van der Waals surface area contributed by atoms with Crippen LogP contribution in [-0.4, -0.2) is 24.2 Å². The molecule has 20 heavy (non-hydrogen) atoms. The molecule has 0 aliphatic rings. The zero-order valence-electron chi connectivity index (χ0n) is 11.4. The molecule has 2 aromatic rings. The first-order valence-electron chi connectivity index (χ1n) is 6.58. The summed E-state index contributed by atoms with van der Waals surface area (Å²) in [5.41, 5.74) is 1.72. The number of pyridine rings is 1. The lowest BCUT2D eigenvalue weighted by Crippen LogP contribution is -2.05. The Hall–Kier alpha value is -2.36. The summed E-state index contributed by atoms with van der Waals surface area (Å²) in [5.74, 6) is 0.433. The van der Waals surface area contributed by atoms with Crippen molar-refractivity contribution < 1.29 is 14.3 Å². The van der Waals surface area contributed by atoms with Crippen molar-refractivity contribution in [3.05, 3.63) is 59.9 Å². The SMILES string of the molecule is CCOC(=O)c1ccc(OCCc2ccncc2)cc1. The van der Waals surface area contributed by atoms with Crippen molar-refractivity contribution in [3.63, 3.8) is 0 Å². The van der Waals surface area contributed by atoms with Crippen molar-refractivity contribution in [2.75, 3.05) is 13.2 Å². The average molecular weight is 271 g/mol. The van der Waals surface area contributed by atoms with Gasteiger partial charge in [-0.1, -0.05) is 0 Å². The highest BCUT2D eigenvalue weighted by molar-refractivity contribution is 5.89. The molecule has 0 aliphatic heterocycles. The fourth-order valence-corrected chi connectivity index (χ4v) is 1.74. The average Bonchev–Trinajstić information content (AvgIpc) is 2.49. The summed E-state index contributed by atoms with van der Waals surface area (Å²) >= 11 is 0. The monoisotopic (exact) mass is 271 g/mol. The van der Waals surface area contributed by atoms with E-state index in [0.29, 0.717) is 18.8 Å². The molecule has 0 aliphatic carbocycles. The topological polar surface area (TPSA) is 48.4 Å². The van der Waals surface area contributed by atoms with Crippen LogP contribution in [0.4, 0.5) is 0 Å². The van der Waals surface area contributed by atoms with Gasteiger partial charge in [-0.2, -0.15) is 0 Å². The zero-order chi connectivity index (χ0) is 14.2. The summed E-state index contributed by atoms with van der Waals surface area (Å²) in [6.07, 6.45) is 4.36.